The average molecular weight is 313 g/mol. The van der Waals surface area contributed by atoms with Crippen LogP contribution in [0.25, 0.3) is 0 Å². The van der Waals surface area contributed by atoms with Crippen LogP contribution in [-0.4, -0.2) is 68.6 Å². The van der Waals surface area contributed by atoms with Crippen LogP contribution < -0.4 is 10.6 Å². The second-order valence-electron chi connectivity index (χ2n) is 6.28. The SMILES string of the molecule is CNC(C(=O)NC(CCCN1CCOCC1)C(C)=O)C(C)C. The van der Waals surface area contributed by atoms with Crippen LogP contribution in [0.3, 0.4) is 0 Å². The fourth-order valence-corrected chi connectivity index (χ4v) is 2.75. The third kappa shape index (κ3) is 6.42. The van der Waals surface area contributed by atoms with Crippen LogP contribution in [0.2, 0.25) is 0 Å². The molecule has 1 rings (SSSR count). The molecule has 0 bridgehead atoms. The summed E-state index contributed by atoms with van der Waals surface area (Å²) in [5.41, 5.74) is 0. The Morgan fingerprint density at radius 1 is 1.23 bits per heavy atom. The number of nitrogens with one attached hydrogen (secondary N) is 2. The highest BCUT2D eigenvalue weighted by molar-refractivity contribution is 5.89. The van der Waals surface area contributed by atoms with Crippen molar-refractivity contribution in [1.29, 1.82) is 0 Å². The number of carbonyl (C=O) groups excluding carboxylic acids is 2. The summed E-state index contributed by atoms with van der Waals surface area (Å²) in [6.45, 7) is 9.94. The number of carbonyl (C=O) groups is 2. The largest absolute Gasteiger partial charge is 0.379 e. The van der Waals surface area contributed by atoms with E-state index in [0.717, 1.165) is 39.3 Å². The average Bonchev–Trinajstić information content (AvgIpc) is 2.47. The zero-order valence-electron chi connectivity index (χ0n) is 14.4. The Morgan fingerprint density at radius 3 is 2.36 bits per heavy atom. The summed E-state index contributed by atoms with van der Waals surface area (Å²) in [6, 6.07) is -0.649. The number of rotatable bonds is 9. The minimum absolute atomic E-state index is 0.0222. The van der Waals surface area contributed by atoms with Gasteiger partial charge < -0.3 is 15.4 Å². The fourth-order valence-electron chi connectivity index (χ4n) is 2.75. The van der Waals surface area contributed by atoms with Gasteiger partial charge in [-0.25, -0.2) is 0 Å². The van der Waals surface area contributed by atoms with Gasteiger partial charge in [0, 0.05) is 13.1 Å². The van der Waals surface area contributed by atoms with Gasteiger partial charge in [-0.1, -0.05) is 13.8 Å². The molecule has 6 heteroatoms. The van der Waals surface area contributed by atoms with E-state index in [4.69, 9.17) is 4.74 Å². The van der Waals surface area contributed by atoms with Crippen LogP contribution in [0.1, 0.15) is 33.6 Å². The maximum atomic E-state index is 12.2. The summed E-state index contributed by atoms with van der Waals surface area (Å²) in [4.78, 5) is 26.4. The first-order chi connectivity index (χ1) is 10.5. The van der Waals surface area contributed by atoms with E-state index in [1.807, 2.05) is 13.8 Å². The van der Waals surface area contributed by atoms with E-state index in [-0.39, 0.29) is 29.7 Å². The maximum absolute atomic E-state index is 12.2. The number of nitrogens with zero attached hydrogens (tertiary/aromatic N) is 1. The van der Waals surface area contributed by atoms with Crippen LogP contribution >= 0.6 is 0 Å². The first-order valence-corrected chi connectivity index (χ1v) is 8.24. The molecule has 1 fully saturated rings. The number of hydrogen-bond acceptors (Lipinski definition) is 5. The van der Waals surface area contributed by atoms with E-state index in [0.29, 0.717) is 6.42 Å². The monoisotopic (exact) mass is 313 g/mol. The van der Waals surface area contributed by atoms with E-state index in [2.05, 4.69) is 15.5 Å². The fraction of sp³-hybridized carbons (Fsp3) is 0.875. The molecule has 6 nitrogen and oxygen atoms in total. The third-order valence-corrected chi connectivity index (χ3v) is 4.14. The Hall–Kier alpha value is -0.980. The molecular formula is C16H31N3O3. The lowest BCUT2D eigenvalue weighted by Crippen LogP contribution is -2.51. The quantitative estimate of drug-likeness (QED) is 0.645. The molecule has 2 atom stereocenters. The number of amides is 1. The van der Waals surface area contributed by atoms with Gasteiger partial charge in [0.2, 0.25) is 5.91 Å². The predicted molar refractivity (Wildman–Crippen MR) is 86.8 cm³/mol. The molecule has 1 heterocycles. The Labute approximate surface area is 134 Å². The molecule has 2 unspecified atom stereocenters. The summed E-state index contributed by atoms with van der Waals surface area (Å²) < 4.78 is 5.32. The van der Waals surface area contributed by atoms with Gasteiger partial charge in [0.25, 0.3) is 0 Å². The second-order valence-corrected chi connectivity index (χ2v) is 6.28. The van der Waals surface area contributed by atoms with Gasteiger partial charge in [0.15, 0.2) is 5.78 Å². The molecule has 0 aromatic carbocycles. The van der Waals surface area contributed by atoms with Crippen LogP contribution in [0.5, 0.6) is 0 Å². The maximum Gasteiger partial charge on any atom is 0.237 e. The van der Waals surface area contributed by atoms with E-state index < -0.39 is 0 Å². The summed E-state index contributed by atoms with van der Waals surface area (Å²) >= 11 is 0. The Balaban J connectivity index is 2.40. The molecule has 0 aromatic rings. The molecule has 128 valence electrons. The van der Waals surface area contributed by atoms with Gasteiger partial charge in [-0.2, -0.15) is 0 Å². The summed E-state index contributed by atoms with van der Waals surface area (Å²) in [6.07, 6.45) is 1.59. The van der Waals surface area contributed by atoms with Gasteiger partial charge in [0.1, 0.15) is 0 Å². The number of ether oxygens (including phenoxy) is 1. The van der Waals surface area contributed by atoms with Crippen molar-refractivity contribution in [3.8, 4) is 0 Å². The molecule has 1 amide bonds. The summed E-state index contributed by atoms with van der Waals surface area (Å²) in [5, 5.41) is 5.90. The second kappa shape index (κ2) is 9.92. The van der Waals surface area contributed by atoms with Crippen molar-refractivity contribution in [3.63, 3.8) is 0 Å². The van der Waals surface area contributed by atoms with Gasteiger partial charge in [-0.3, -0.25) is 14.5 Å². The topological polar surface area (TPSA) is 70.7 Å². The van der Waals surface area contributed by atoms with Crippen molar-refractivity contribution in [2.45, 2.75) is 45.7 Å². The third-order valence-electron chi connectivity index (χ3n) is 4.14. The number of hydrogen-bond donors (Lipinski definition) is 2. The molecular weight excluding hydrogens is 282 g/mol. The minimum atomic E-state index is -0.386. The number of Topliss-reactive ketones (excluding diaryl/α,β-unsaturated/α-hetero) is 1. The van der Waals surface area contributed by atoms with Crippen LogP contribution in [0.4, 0.5) is 0 Å². The molecule has 0 saturated carbocycles. The Morgan fingerprint density at radius 2 is 1.86 bits per heavy atom. The molecule has 0 radical (unpaired) electrons. The first-order valence-electron chi connectivity index (χ1n) is 8.24. The van der Waals surface area contributed by atoms with Crippen molar-refractivity contribution in [2.24, 2.45) is 5.92 Å². The van der Waals surface area contributed by atoms with Crippen molar-refractivity contribution in [2.75, 3.05) is 39.9 Å². The van der Waals surface area contributed by atoms with Crippen molar-refractivity contribution in [3.05, 3.63) is 0 Å². The summed E-state index contributed by atoms with van der Waals surface area (Å²) in [5.74, 6) is 0.115. The predicted octanol–water partition coefficient (Wildman–Crippen LogP) is 0.417. The van der Waals surface area contributed by atoms with E-state index >= 15 is 0 Å². The summed E-state index contributed by atoms with van der Waals surface area (Å²) in [7, 11) is 1.77. The van der Waals surface area contributed by atoms with Gasteiger partial charge >= 0.3 is 0 Å². The smallest absolute Gasteiger partial charge is 0.237 e. The van der Waals surface area contributed by atoms with E-state index in [1.165, 1.54) is 0 Å². The van der Waals surface area contributed by atoms with Gasteiger partial charge in [0.05, 0.1) is 25.3 Å². The highest BCUT2D eigenvalue weighted by atomic mass is 16.5. The first kappa shape index (κ1) is 19.1. The zero-order chi connectivity index (χ0) is 16.5. The Bertz CT molecular complexity index is 355. The zero-order valence-corrected chi connectivity index (χ0v) is 14.4. The molecule has 0 aromatic heterocycles. The molecule has 0 spiro atoms. The highest BCUT2D eigenvalue weighted by Gasteiger charge is 2.24. The minimum Gasteiger partial charge on any atom is -0.379 e. The Kier molecular flexibility index (Phi) is 8.60. The van der Waals surface area contributed by atoms with Crippen LogP contribution in [-0.2, 0) is 14.3 Å². The van der Waals surface area contributed by atoms with E-state index in [9.17, 15) is 9.59 Å². The van der Waals surface area contributed by atoms with Gasteiger partial charge in [-0.15, -0.1) is 0 Å². The van der Waals surface area contributed by atoms with Crippen molar-refractivity contribution in [1.82, 2.24) is 15.5 Å². The molecule has 0 aliphatic carbocycles. The number of likely N-dealkylation sites (N-methyl/N-ethyl adjacent to an activating group) is 1. The lowest BCUT2D eigenvalue weighted by Gasteiger charge is -2.27. The molecule has 22 heavy (non-hydrogen) atoms. The van der Waals surface area contributed by atoms with Crippen LogP contribution in [0, 0.1) is 5.92 Å². The van der Waals surface area contributed by atoms with Crippen LogP contribution in [0.15, 0.2) is 0 Å². The number of morpholine rings is 1. The molecule has 1 aliphatic heterocycles. The molecule has 1 saturated heterocycles. The number of ketones is 1. The lowest BCUT2D eigenvalue weighted by atomic mass is 10.0. The molecule has 2 N–H and O–H groups in total. The molecule has 1 aliphatic rings. The van der Waals surface area contributed by atoms with E-state index in [1.54, 1.807) is 14.0 Å². The highest BCUT2D eigenvalue weighted by Crippen LogP contribution is 2.06. The van der Waals surface area contributed by atoms with Crippen molar-refractivity contribution >= 4 is 11.7 Å². The standard InChI is InChI=1S/C16H31N3O3/c1-12(2)15(17-4)16(21)18-14(13(3)20)6-5-7-19-8-10-22-11-9-19/h12,14-15,17H,5-11H2,1-4H3,(H,18,21). The normalized spacial score (nSPS) is 19.0. The lowest BCUT2D eigenvalue weighted by molar-refractivity contribution is -0.129. The van der Waals surface area contributed by atoms with Crippen molar-refractivity contribution < 1.29 is 14.3 Å². The van der Waals surface area contributed by atoms with Gasteiger partial charge in [-0.05, 0) is 39.3 Å².